The molecule has 0 spiro atoms. The first-order valence-electron chi connectivity index (χ1n) is 6.77. The Labute approximate surface area is 127 Å². The number of hydrogen-bond acceptors (Lipinski definition) is 2. The normalized spacial score (nSPS) is 11.5. The monoisotopic (exact) mass is 298 g/mol. The maximum Gasteiger partial charge on any atom is 0.124 e. The molecule has 0 saturated heterocycles. The van der Waals surface area contributed by atoms with Gasteiger partial charge < -0.3 is 10.1 Å². The number of benzene rings is 2. The molecule has 0 fully saturated rings. The van der Waals surface area contributed by atoms with Crippen LogP contribution in [-0.2, 0) is 6.42 Å². The van der Waals surface area contributed by atoms with Crippen LogP contribution in [0.5, 0.6) is 5.75 Å². The summed E-state index contributed by atoms with van der Waals surface area (Å²) >= 11 is 5.89. The summed E-state index contributed by atoms with van der Waals surface area (Å²) in [5.41, 5.74) is 2.94. The molecule has 0 amide bonds. The van der Waals surface area contributed by atoms with Crippen LogP contribution in [0.15, 0.2) is 53.5 Å². The lowest BCUT2D eigenvalue weighted by atomic mass is 10.2. The van der Waals surface area contributed by atoms with Crippen molar-refractivity contribution >= 4 is 28.7 Å². The third-order valence-electron chi connectivity index (χ3n) is 3.32. The van der Waals surface area contributed by atoms with Crippen LogP contribution >= 0.6 is 11.6 Å². The van der Waals surface area contributed by atoms with Gasteiger partial charge in [0.2, 0.25) is 0 Å². The van der Waals surface area contributed by atoms with E-state index in [-0.39, 0.29) is 5.75 Å². The molecule has 21 heavy (non-hydrogen) atoms. The second kappa shape index (κ2) is 6.02. The fraction of sp³-hybridized carbons (Fsp3) is 0.118. The molecule has 4 heteroatoms. The van der Waals surface area contributed by atoms with E-state index >= 15 is 0 Å². The van der Waals surface area contributed by atoms with Crippen molar-refractivity contribution in [1.29, 1.82) is 0 Å². The molecule has 3 nitrogen and oxygen atoms in total. The molecular weight excluding hydrogens is 284 g/mol. The summed E-state index contributed by atoms with van der Waals surface area (Å²) in [5.74, 6) is 0.189. The standard InChI is InChI=1S/C17H15ClN2O/c18-14-5-6-17(21)13(9-14)11-19-8-7-15-10-12-3-1-2-4-16(12)20-15/h1-6,9-11,20-21H,7-8H2. The van der Waals surface area contributed by atoms with Gasteiger partial charge in [-0.2, -0.15) is 0 Å². The molecule has 106 valence electrons. The van der Waals surface area contributed by atoms with Gasteiger partial charge in [-0.05, 0) is 35.7 Å². The number of H-pyrrole nitrogens is 1. The van der Waals surface area contributed by atoms with Gasteiger partial charge in [0.15, 0.2) is 0 Å². The van der Waals surface area contributed by atoms with Crippen molar-refractivity contribution in [2.45, 2.75) is 6.42 Å². The van der Waals surface area contributed by atoms with E-state index in [0.717, 1.165) is 17.6 Å². The molecule has 0 atom stereocenters. The van der Waals surface area contributed by atoms with Crippen LogP contribution < -0.4 is 0 Å². The molecular formula is C17H15ClN2O. The summed E-state index contributed by atoms with van der Waals surface area (Å²) in [6.45, 7) is 0.652. The van der Waals surface area contributed by atoms with E-state index in [1.807, 2.05) is 12.1 Å². The Bertz CT molecular complexity index is 759. The molecule has 2 N–H and O–H groups in total. The predicted molar refractivity (Wildman–Crippen MR) is 87.6 cm³/mol. The van der Waals surface area contributed by atoms with Gasteiger partial charge in [-0.15, -0.1) is 0 Å². The Kier molecular flexibility index (Phi) is 3.93. The number of nitrogens with one attached hydrogen (secondary N) is 1. The lowest BCUT2D eigenvalue weighted by molar-refractivity contribution is 0.474. The molecule has 1 heterocycles. The van der Waals surface area contributed by atoms with Crippen molar-refractivity contribution in [1.82, 2.24) is 4.98 Å². The molecule has 0 aliphatic rings. The van der Waals surface area contributed by atoms with Gasteiger partial charge in [-0.25, -0.2) is 0 Å². The second-order valence-electron chi connectivity index (χ2n) is 4.87. The first kappa shape index (κ1) is 13.7. The average molecular weight is 299 g/mol. The lowest BCUT2D eigenvalue weighted by Gasteiger charge is -1.99. The van der Waals surface area contributed by atoms with Crippen LogP contribution in [-0.4, -0.2) is 22.8 Å². The Hall–Kier alpha value is -2.26. The van der Waals surface area contributed by atoms with Crippen molar-refractivity contribution in [3.63, 3.8) is 0 Å². The van der Waals surface area contributed by atoms with Crippen molar-refractivity contribution in [2.24, 2.45) is 4.99 Å². The van der Waals surface area contributed by atoms with Gasteiger partial charge >= 0.3 is 0 Å². The topological polar surface area (TPSA) is 48.4 Å². The van der Waals surface area contributed by atoms with Crippen molar-refractivity contribution in [3.05, 3.63) is 64.8 Å². The number of rotatable bonds is 4. The van der Waals surface area contributed by atoms with Gasteiger partial charge in [0.05, 0.1) is 0 Å². The third kappa shape index (κ3) is 3.26. The fourth-order valence-corrected chi connectivity index (χ4v) is 2.43. The van der Waals surface area contributed by atoms with Gasteiger partial charge in [-0.3, -0.25) is 4.99 Å². The predicted octanol–water partition coefficient (Wildman–Crippen LogP) is 4.19. The molecule has 3 rings (SSSR count). The highest BCUT2D eigenvalue weighted by Crippen LogP contribution is 2.19. The van der Waals surface area contributed by atoms with Gasteiger partial charge in [0.1, 0.15) is 5.75 Å². The molecule has 0 aliphatic heterocycles. The molecule has 2 aromatic carbocycles. The number of phenols is 1. The molecule has 0 bridgehead atoms. The number of fused-ring (bicyclic) bond motifs is 1. The first-order chi connectivity index (χ1) is 10.2. The van der Waals surface area contributed by atoms with E-state index in [9.17, 15) is 5.11 Å². The average Bonchev–Trinajstić information content (AvgIpc) is 2.89. The van der Waals surface area contributed by atoms with Crippen LogP contribution in [0.25, 0.3) is 10.9 Å². The smallest absolute Gasteiger partial charge is 0.124 e. The SMILES string of the molecule is Oc1ccc(Cl)cc1C=NCCc1cc2ccccc2[nH]1. The number of aliphatic imine (C=N–C) groups is 1. The summed E-state index contributed by atoms with van der Waals surface area (Å²) in [6, 6.07) is 15.3. The van der Waals surface area contributed by atoms with E-state index in [4.69, 9.17) is 11.6 Å². The van der Waals surface area contributed by atoms with E-state index in [0.29, 0.717) is 17.1 Å². The Morgan fingerprint density at radius 1 is 1.14 bits per heavy atom. The van der Waals surface area contributed by atoms with Crippen LogP contribution in [0.3, 0.4) is 0 Å². The Morgan fingerprint density at radius 3 is 2.86 bits per heavy atom. The third-order valence-corrected chi connectivity index (χ3v) is 3.55. The summed E-state index contributed by atoms with van der Waals surface area (Å²) < 4.78 is 0. The van der Waals surface area contributed by atoms with E-state index in [2.05, 4.69) is 28.2 Å². The van der Waals surface area contributed by atoms with E-state index in [1.165, 1.54) is 5.39 Å². The first-order valence-corrected chi connectivity index (χ1v) is 7.15. The molecule has 1 aromatic heterocycles. The molecule has 3 aromatic rings. The zero-order valence-electron chi connectivity index (χ0n) is 11.4. The maximum atomic E-state index is 9.69. The molecule has 0 saturated carbocycles. The van der Waals surface area contributed by atoms with Crippen LogP contribution in [0.1, 0.15) is 11.3 Å². The Morgan fingerprint density at radius 2 is 2.00 bits per heavy atom. The minimum absolute atomic E-state index is 0.189. The zero-order valence-corrected chi connectivity index (χ0v) is 12.1. The summed E-state index contributed by atoms with van der Waals surface area (Å²) in [4.78, 5) is 7.72. The van der Waals surface area contributed by atoms with Crippen LogP contribution in [0, 0.1) is 0 Å². The number of aromatic amines is 1. The van der Waals surface area contributed by atoms with E-state index < -0.39 is 0 Å². The highest BCUT2D eigenvalue weighted by atomic mass is 35.5. The quantitative estimate of drug-likeness (QED) is 0.697. The number of aromatic hydroxyl groups is 1. The zero-order chi connectivity index (χ0) is 14.7. The molecule has 0 unspecified atom stereocenters. The van der Waals surface area contributed by atoms with Crippen molar-refractivity contribution in [3.8, 4) is 5.75 Å². The van der Waals surface area contributed by atoms with Gasteiger partial charge in [0, 0.05) is 41.0 Å². The largest absolute Gasteiger partial charge is 0.507 e. The van der Waals surface area contributed by atoms with Gasteiger partial charge in [0.25, 0.3) is 0 Å². The summed E-state index contributed by atoms with van der Waals surface area (Å²) in [5, 5.41) is 11.5. The van der Waals surface area contributed by atoms with Crippen LogP contribution in [0.4, 0.5) is 0 Å². The molecule has 0 aliphatic carbocycles. The maximum absolute atomic E-state index is 9.69. The van der Waals surface area contributed by atoms with E-state index in [1.54, 1.807) is 24.4 Å². The minimum atomic E-state index is 0.189. The Balaban J connectivity index is 1.65. The summed E-state index contributed by atoms with van der Waals surface area (Å²) in [7, 11) is 0. The number of nitrogens with zero attached hydrogens (tertiary/aromatic N) is 1. The van der Waals surface area contributed by atoms with Crippen molar-refractivity contribution in [2.75, 3.05) is 6.54 Å². The number of aromatic nitrogens is 1. The van der Waals surface area contributed by atoms with Crippen molar-refractivity contribution < 1.29 is 5.11 Å². The fourth-order valence-electron chi connectivity index (χ4n) is 2.24. The highest BCUT2D eigenvalue weighted by molar-refractivity contribution is 6.30. The minimum Gasteiger partial charge on any atom is -0.507 e. The number of para-hydroxylation sites is 1. The number of phenolic OH excluding ortho intramolecular Hbond substituents is 1. The lowest BCUT2D eigenvalue weighted by Crippen LogP contribution is -1.91. The second-order valence-corrected chi connectivity index (χ2v) is 5.31. The number of halogens is 1. The van der Waals surface area contributed by atoms with Crippen LogP contribution in [0.2, 0.25) is 5.02 Å². The highest BCUT2D eigenvalue weighted by Gasteiger charge is 2.00. The number of hydrogen-bond donors (Lipinski definition) is 2. The summed E-state index contributed by atoms with van der Waals surface area (Å²) in [6.07, 6.45) is 2.48. The van der Waals surface area contributed by atoms with Gasteiger partial charge in [-0.1, -0.05) is 29.8 Å². The molecule has 0 radical (unpaired) electrons.